The molecule has 1 amide bonds. The molecule has 0 saturated carbocycles. The summed E-state index contributed by atoms with van der Waals surface area (Å²) in [5, 5.41) is 0.794. The number of halogens is 1. The molecular weight excluding hydrogens is 430 g/mol. The molecule has 166 valence electrons. The summed E-state index contributed by atoms with van der Waals surface area (Å²) in [6.45, 7) is 11.1. The molecule has 5 nitrogen and oxygen atoms in total. The number of hydrogen-bond donors (Lipinski definition) is 0. The molecule has 0 bridgehead atoms. The zero-order valence-corrected chi connectivity index (χ0v) is 20.0. The second kappa shape index (κ2) is 10.6. The topological polar surface area (TPSA) is 45.7 Å². The van der Waals surface area contributed by atoms with Gasteiger partial charge in [0, 0.05) is 26.2 Å². The van der Waals surface area contributed by atoms with E-state index in [0.717, 1.165) is 64.9 Å². The molecule has 7 heteroatoms. The number of aryl methyl sites for hydroxylation is 3. The van der Waals surface area contributed by atoms with E-state index in [2.05, 4.69) is 62.1 Å². The van der Waals surface area contributed by atoms with Crippen LogP contribution >= 0.6 is 23.7 Å². The first-order valence-corrected chi connectivity index (χ1v) is 11.4. The zero-order chi connectivity index (χ0) is 21.1. The lowest BCUT2D eigenvalue weighted by Gasteiger charge is -2.29. The van der Waals surface area contributed by atoms with Crippen molar-refractivity contribution in [2.75, 3.05) is 44.3 Å². The summed E-state index contributed by atoms with van der Waals surface area (Å²) in [5.74, 6) is 0.104. The lowest BCUT2D eigenvalue weighted by atomic mass is 10.0. The van der Waals surface area contributed by atoms with Crippen molar-refractivity contribution < 1.29 is 9.53 Å². The Kier molecular flexibility index (Phi) is 8.06. The van der Waals surface area contributed by atoms with Crippen molar-refractivity contribution in [2.24, 2.45) is 0 Å². The fraction of sp³-hybridized carbons (Fsp3) is 0.417. The Balaban J connectivity index is 0.00000272. The van der Waals surface area contributed by atoms with Gasteiger partial charge < -0.3 is 4.74 Å². The molecule has 31 heavy (non-hydrogen) atoms. The van der Waals surface area contributed by atoms with Crippen LogP contribution in [0.15, 0.2) is 36.4 Å². The predicted octanol–water partition coefficient (Wildman–Crippen LogP) is 4.55. The molecule has 0 radical (unpaired) electrons. The Labute approximate surface area is 194 Å². The average molecular weight is 460 g/mol. The molecule has 3 aromatic rings. The fourth-order valence-electron chi connectivity index (χ4n) is 3.89. The summed E-state index contributed by atoms with van der Waals surface area (Å²) in [6, 6.07) is 12.5. The molecule has 1 saturated heterocycles. The number of fused-ring (bicyclic) bond motifs is 1. The van der Waals surface area contributed by atoms with Crippen LogP contribution in [0.25, 0.3) is 10.2 Å². The minimum absolute atomic E-state index is 0. The van der Waals surface area contributed by atoms with Crippen molar-refractivity contribution in [1.29, 1.82) is 0 Å². The maximum absolute atomic E-state index is 13.4. The van der Waals surface area contributed by atoms with Crippen molar-refractivity contribution in [3.05, 3.63) is 58.7 Å². The summed E-state index contributed by atoms with van der Waals surface area (Å²) in [7, 11) is 0. The highest BCUT2D eigenvalue weighted by Gasteiger charge is 2.22. The van der Waals surface area contributed by atoms with Crippen molar-refractivity contribution in [2.45, 2.75) is 27.2 Å². The molecule has 0 spiro atoms. The van der Waals surface area contributed by atoms with Crippen LogP contribution in [0.4, 0.5) is 5.13 Å². The molecule has 1 aliphatic heterocycles. The van der Waals surface area contributed by atoms with E-state index in [0.29, 0.717) is 13.0 Å². The summed E-state index contributed by atoms with van der Waals surface area (Å²) >= 11 is 1.60. The number of anilines is 1. The van der Waals surface area contributed by atoms with E-state index in [1.165, 1.54) is 5.56 Å². The zero-order valence-electron chi connectivity index (χ0n) is 18.4. The van der Waals surface area contributed by atoms with Crippen LogP contribution in [0.1, 0.15) is 22.3 Å². The van der Waals surface area contributed by atoms with Crippen LogP contribution < -0.4 is 4.90 Å². The molecule has 2 aromatic carbocycles. The maximum atomic E-state index is 13.4. The van der Waals surface area contributed by atoms with Gasteiger partial charge in [0.1, 0.15) is 0 Å². The summed E-state index contributed by atoms with van der Waals surface area (Å²) < 4.78 is 6.59. The Hall–Kier alpha value is -1.99. The molecule has 4 rings (SSSR count). The number of aromatic nitrogens is 1. The van der Waals surface area contributed by atoms with Gasteiger partial charge in [0.25, 0.3) is 0 Å². The standard InChI is InChI=1S/C24H29N3O2S.ClH/c1-17-7-8-20(19(3)15-17)16-22(28)27(10-9-26-11-13-29-14-12-26)24-25-23-18(2)5-4-6-21(23)30-24;/h4-8,15H,9-14,16H2,1-3H3;1H. The van der Waals surface area contributed by atoms with E-state index in [4.69, 9.17) is 9.72 Å². The number of hydrogen-bond acceptors (Lipinski definition) is 5. The Morgan fingerprint density at radius 1 is 1.13 bits per heavy atom. The third-order valence-electron chi connectivity index (χ3n) is 5.72. The molecule has 0 N–H and O–H groups in total. The molecular formula is C24H30ClN3O2S. The van der Waals surface area contributed by atoms with E-state index < -0.39 is 0 Å². The summed E-state index contributed by atoms with van der Waals surface area (Å²) in [5.41, 5.74) is 5.60. The number of amides is 1. The highest BCUT2D eigenvalue weighted by atomic mass is 35.5. The van der Waals surface area contributed by atoms with Crippen LogP contribution in [-0.2, 0) is 16.0 Å². The van der Waals surface area contributed by atoms with Crippen molar-refractivity contribution in [1.82, 2.24) is 9.88 Å². The van der Waals surface area contributed by atoms with Crippen LogP contribution in [0.2, 0.25) is 0 Å². The maximum Gasteiger partial charge on any atom is 0.233 e. The number of carbonyl (C=O) groups is 1. The van der Waals surface area contributed by atoms with Crippen LogP contribution in [0.3, 0.4) is 0 Å². The first-order valence-electron chi connectivity index (χ1n) is 10.5. The van der Waals surface area contributed by atoms with Crippen LogP contribution in [0, 0.1) is 20.8 Å². The number of benzene rings is 2. The molecule has 0 unspecified atom stereocenters. The van der Waals surface area contributed by atoms with E-state index in [9.17, 15) is 4.79 Å². The van der Waals surface area contributed by atoms with Gasteiger partial charge in [-0.15, -0.1) is 12.4 Å². The van der Waals surface area contributed by atoms with Gasteiger partial charge >= 0.3 is 0 Å². The monoisotopic (exact) mass is 459 g/mol. The fourth-order valence-corrected chi connectivity index (χ4v) is 4.97. The van der Waals surface area contributed by atoms with Crippen LogP contribution in [0.5, 0.6) is 0 Å². The summed E-state index contributed by atoms with van der Waals surface area (Å²) in [4.78, 5) is 22.5. The molecule has 1 fully saturated rings. The van der Waals surface area contributed by atoms with Gasteiger partial charge in [-0.05, 0) is 43.5 Å². The number of thiazole rings is 1. The molecule has 0 aliphatic carbocycles. The van der Waals surface area contributed by atoms with E-state index >= 15 is 0 Å². The number of ether oxygens (including phenoxy) is 1. The Bertz CT molecular complexity index is 1050. The average Bonchev–Trinajstić information content (AvgIpc) is 3.16. The quantitative estimate of drug-likeness (QED) is 0.542. The normalized spacial score (nSPS) is 14.4. The van der Waals surface area contributed by atoms with Crippen molar-refractivity contribution >= 4 is 45.0 Å². The lowest BCUT2D eigenvalue weighted by molar-refractivity contribution is -0.118. The van der Waals surface area contributed by atoms with Gasteiger partial charge in [0.05, 0.1) is 29.9 Å². The number of morpholine rings is 1. The molecule has 1 aromatic heterocycles. The van der Waals surface area contributed by atoms with E-state index in [-0.39, 0.29) is 18.3 Å². The second-order valence-corrected chi connectivity index (χ2v) is 9.03. The predicted molar refractivity (Wildman–Crippen MR) is 131 cm³/mol. The van der Waals surface area contributed by atoms with E-state index in [1.54, 1.807) is 11.3 Å². The highest BCUT2D eigenvalue weighted by Crippen LogP contribution is 2.31. The minimum Gasteiger partial charge on any atom is -0.379 e. The SMILES string of the molecule is Cc1ccc(CC(=O)N(CCN2CCOCC2)c2nc3c(C)cccc3s2)c(C)c1.Cl. The second-order valence-electron chi connectivity index (χ2n) is 8.02. The van der Waals surface area contributed by atoms with Gasteiger partial charge in [0.15, 0.2) is 5.13 Å². The molecule has 0 atom stereocenters. The van der Waals surface area contributed by atoms with Gasteiger partial charge in [-0.2, -0.15) is 0 Å². The van der Waals surface area contributed by atoms with Gasteiger partial charge in [0.2, 0.25) is 5.91 Å². The number of carbonyl (C=O) groups excluding carboxylic acids is 1. The first kappa shape index (κ1) is 23.7. The summed E-state index contributed by atoms with van der Waals surface area (Å²) in [6.07, 6.45) is 0.393. The minimum atomic E-state index is 0. The third kappa shape index (κ3) is 5.63. The molecule has 1 aliphatic rings. The number of nitrogens with zero attached hydrogens (tertiary/aromatic N) is 3. The highest BCUT2D eigenvalue weighted by molar-refractivity contribution is 7.22. The smallest absolute Gasteiger partial charge is 0.233 e. The Morgan fingerprint density at radius 3 is 2.61 bits per heavy atom. The molecule has 2 heterocycles. The van der Waals surface area contributed by atoms with Crippen LogP contribution in [-0.4, -0.2) is 55.2 Å². The number of rotatable bonds is 6. The third-order valence-corrected chi connectivity index (χ3v) is 6.77. The lowest BCUT2D eigenvalue weighted by Crippen LogP contribution is -2.43. The van der Waals surface area contributed by atoms with Gasteiger partial charge in [-0.25, -0.2) is 4.98 Å². The van der Waals surface area contributed by atoms with Gasteiger partial charge in [-0.3, -0.25) is 14.6 Å². The van der Waals surface area contributed by atoms with Crippen molar-refractivity contribution in [3.63, 3.8) is 0 Å². The number of para-hydroxylation sites is 1. The van der Waals surface area contributed by atoms with Crippen molar-refractivity contribution in [3.8, 4) is 0 Å². The first-order chi connectivity index (χ1) is 14.5. The Morgan fingerprint density at radius 2 is 1.90 bits per heavy atom. The largest absolute Gasteiger partial charge is 0.379 e. The van der Waals surface area contributed by atoms with E-state index in [1.807, 2.05) is 4.90 Å². The van der Waals surface area contributed by atoms with Gasteiger partial charge in [-0.1, -0.05) is 47.2 Å².